The number of aliphatic hydroxyl groups excluding tert-OH is 1. The molecule has 1 aliphatic rings. The summed E-state index contributed by atoms with van der Waals surface area (Å²) in [5, 5.41) is 9.71. The molecule has 0 aliphatic carbocycles. The van der Waals surface area contributed by atoms with Crippen LogP contribution < -0.4 is 0 Å². The van der Waals surface area contributed by atoms with Crippen molar-refractivity contribution in [2.75, 3.05) is 5.75 Å². The van der Waals surface area contributed by atoms with Crippen molar-refractivity contribution < 1.29 is 13.5 Å². The lowest BCUT2D eigenvalue weighted by Crippen LogP contribution is -2.33. The maximum absolute atomic E-state index is 11.7. The molecule has 1 N–H and O–H groups in total. The molecule has 1 fully saturated rings. The van der Waals surface area contributed by atoms with Crippen LogP contribution in [-0.4, -0.2) is 28.8 Å². The molecule has 3 rings (SSSR count). The molecule has 0 aromatic carbocycles. The fourth-order valence-corrected chi connectivity index (χ4v) is 3.81. The Morgan fingerprint density at radius 2 is 2.33 bits per heavy atom. The number of halogens is 1. The first-order chi connectivity index (χ1) is 8.53. The number of aliphatic hydroxyl groups is 1. The van der Waals surface area contributed by atoms with Crippen molar-refractivity contribution in [2.24, 2.45) is 0 Å². The van der Waals surface area contributed by atoms with E-state index in [4.69, 9.17) is 11.6 Å². The minimum Gasteiger partial charge on any atom is -0.392 e. The molecule has 1 aliphatic heterocycles. The van der Waals surface area contributed by atoms with E-state index < -0.39 is 15.2 Å². The average molecular weight is 287 g/mol. The lowest BCUT2D eigenvalue weighted by Gasteiger charge is -2.27. The molecular formula is C11H11ClN2O3S. The molecule has 0 saturated carbocycles. The largest absolute Gasteiger partial charge is 0.392 e. The van der Waals surface area contributed by atoms with Gasteiger partial charge in [-0.1, -0.05) is 11.6 Å². The van der Waals surface area contributed by atoms with Crippen LogP contribution in [0.4, 0.5) is 0 Å². The van der Waals surface area contributed by atoms with Gasteiger partial charge in [-0.25, -0.2) is 13.4 Å². The zero-order valence-electron chi connectivity index (χ0n) is 9.38. The van der Waals surface area contributed by atoms with Gasteiger partial charge in [0.25, 0.3) is 0 Å². The van der Waals surface area contributed by atoms with Crippen molar-refractivity contribution in [3.63, 3.8) is 0 Å². The van der Waals surface area contributed by atoms with Gasteiger partial charge in [-0.15, -0.1) is 0 Å². The van der Waals surface area contributed by atoms with E-state index in [0.717, 1.165) is 5.39 Å². The zero-order chi connectivity index (χ0) is 12.9. The first-order valence-electron chi connectivity index (χ1n) is 5.51. The molecule has 0 bridgehead atoms. The summed E-state index contributed by atoms with van der Waals surface area (Å²) in [5.41, 5.74) is 1.17. The molecule has 2 aromatic rings. The van der Waals surface area contributed by atoms with Crippen LogP contribution in [0.2, 0.25) is 5.15 Å². The van der Waals surface area contributed by atoms with Crippen molar-refractivity contribution in [2.45, 2.75) is 18.4 Å². The van der Waals surface area contributed by atoms with Crippen LogP contribution in [0.25, 0.3) is 11.0 Å². The van der Waals surface area contributed by atoms with E-state index in [1.807, 2.05) is 0 Å². The van der Waals surface area contributed by atoms with E-state index in [1.165, 1.54) is 0 Å². The SMILES string of the molecule is O=S1(=O)CCC1n1ccc2c(CO)cc(Cl)nc21. The third-order valence-corrected chi connectivity index (χ3v) is 5.57. The van der Waals surface area contributed by atoms with Gasteiger partial charge in [0, 0.05) is 11.6 Å². The Kier molecular flexibility index (Phi) is 2.62. The Labute approximate surface area is 109 Å². The molecule has 0 radical (unpaired) electrons. The Morgan fingerprint density at radius 1 is 1.56 bits per heavy atom. The second-order valence-corrected chi connectivity index (χ2v) is 7.00. The van der Waals surface area contributed by atoms with Crippen LogP contribution in [0, 0.1) is 0 Å². The summed E-state index contributed by atoms with van der Waals surface area (Å²) < 4.78 is 25.0. The van der Waals surface area contributed by atoms with E-state index in [9.17, 15) is 13.5 Å². The Morgan fingerprint density at radius 3 is 2.89 bits per heavy atom. The fraction of sp³-hybridized carbons (Fsp3) is 0.364. The normalized spacial score (nSPS) is 22.0. The molecule has 1 saturated heterocycles. The molecule has 5 nitrogen and oxygen atoms in total. The average Bonchev–Trinajstić information content (AvgIpc) is 2.70. The van der Waals surface area contributed by atoms with Crippen LogP contribution in [0.5, 0.6) is 0 Å². The number of pyridine rings is 1. The fourth-order valence-electron chi connectivity index (χ4n) is 2.25. The molecule has 1 atom stereocenters. The summed E-state index contributed by atoms with van der Waals surface area (Å²) in [5.74, 6) is 0.213. The van der Waals surface area contributed by atoms with Gasteiger partial charge in [0.15, 0.2) is 9.84 Å². The molecule has 7 heteroatoms. The van der Waals surface area contributed by atoms with Crippen LogP contribution in [-0.2, 0) is 16.4 Å². The standard InChI is InChI=1S/C11H11ClN2O3S/c12-9-5-7(6-15)8-1-3-14(11(8)13-9)10-2-4-18(10,16)17/h1,3,5,10,15H,2,4,6H2. The Hall–Kier alpha value is -1.11. The first-order valence-corrected chi connectivity index (χ1v) is 7.60. The number of sulfone groups is 1. The topological polar surface area (TPSA) is 72.2 Å². The van der Waals surface area contributed by atoms with Crippen molar-refractivity contribution in [1.82, 2.24) is 9.55 Å². The maximum atomic E-state index is 11.7. The maximum Gasteiger partial charge on any atom is 0.171 e. The molecule has 1 unspecified atom stereocenters. The van der Waals surface area contributed by atoms with Crippen molar-refractivity contribution >= 4 is 32.5 Å². The highest BCUT2D eigenvalue weighted by molar-refractivity contribution is 7.92. The van der Waals surface area contributed by atoms with Gasteiger partial charge < -0.3 is 9.67 Å². The van der Waals surface area contributed by atoms with E-state index in [0.29, 0.717) is 17.6 Å². The van der Waals surface area contributed by atoms with Gasteiger partial charge in [0.05, 0.1) is 12.4 Å². The van der Waals surface area contributed by atoms with Crippen LogP contribution in [0.15, 0.2) is 18.3 Å². The quantitative estimate of drug-likeness (QED) is 0.849. The lowest BCUT2D eigenvalue weighted by atomic mass is 10.2. The van der Waals surface area contributed by atoms with Gasteiger partial charge in [-0.2, -0.15) is 0 Å². The van der Waals surface area contributed by atoms with E-state index in [1.54, 1.807) is 22.9 Å². The van der Waals surface area contributed by atoms with Crippen LogP contribution in [0.3, 0.4) is 0 Å². The molecule has 0 amide bonds. The Balaban J connectivity index is 2.23. The lowest BCUT2D eigenvalue weighted by molar-refractivity contribution is 0.283. The predicted octanol–water partition coefficient (Wildman–Crippen LogP) is 1.50. The van der Waals surface area contributed by atoms with Gasteiger partial charge in [-0.05, 0) is 24.1 Å². The van der Waals surface area contributed by atoms with E-state index >= 15 is 0 Å². The van der Waals surface area contributed by atoms with Crippen molar-refractivity contribution in [3.05, 3.63) is 29.0 Å². The minimum atomic E-state index is -3.05. The monoisotopic (exact) mass is 286 g/mol. The third-order valence-electron chi connectivity index (χ3n) is 3.28. The van der Waals surface area contributed by atoms with Crippen molar-refractivity contribution in [3.8, 4) is 0 Å². The van der Waals surface area contributed by atoms with Gasteiger partial charge in [0.1, 0.15) is 16.2 Å². The number of rotatable bonds is 2. The second-order valence-electron chi connectivity index (χ2n) is 4.33. The van der Waals surface area contributed by atoms with Crippen LogP contribution in [0.1, 0.15) is 17.4 Å². The summed E-state index contributed by atoms with van der Waals surface area (Å²) in [6.45, 7) is -0.153. The highest BCUT2D eigenvalue weighted by Crippen LogP contribution is 2.35. The number of nitrogens with zero attached hydrogens (tertiary/aromatic N) is 2. The summed E-state index contributed by atoms with van der Waals surface area (Å²) in [4.78, 5) is 4.17. The second kappa shape index (κ2) is 3.94. The zero-order valence-corrected chi connectivity index (χ0v) is 10.9. The third kappa shape index (κ3) is 1.64. The van der Waals surface area contributed by atoms with Crippen LogP contribution >= 0.6 is 11.6 Å². The molecule has 18 heavy (non-hydrogen) atoms. The Bertz CT molecular complexity index is 723. The predicted molar refractivity (Wildman–Crippen MR) is 68.1 cm³/mol. The number of aromatic nitrogens is 2. The van der Waals surface area contributed by atoms with Gasteiger partial charge in [-0.3, -0.25) is 0 Å². The molecule has 0 spiro atoms. The number of fused-ring (bicyclic) bond motifs is 1. The summed E-state index contributed by atoms with van der Waals surface area (Å²) in [7, 11) is -3.05. The summed E-state index contributed by atoms with van der Waals surface area (Å²) in [6.07, 6.45) is 2.28. The van der Waals surface area contributed by atoms with Gasteiger partial charge in [0.2, 0.25) is 0 Å². The minimum absolute atomic E-state index is 0.153. The highest BCUT2D eigenvalue weighted by atomic mass is 35.5. The number of hydrogen-bond donors (Lipinski definition) is 1. The highest BCUT2D eigenvalue weighted by Gasteiger charge is 2.37. The summed E-state index contributed by atoms with van der Waals surface area (Å²) >= 11 is 5.88. The molecule has 3 heterocycles. The summed E-state index contributed by atoms with van der Waals surface area (Å²) in [6, 6.07) is 3.35. The van der Waals surface area contributed by atoms with Crippen molar-refractivity contribution in [1.29, 1.82) is 0 Å². The molecular weight excluding hydrogens is 276 g/mol. The van der Waals surface area contributed by atoms with E-state index in [-0.39, 0.29) is 17.5 Å². The smallest absolute Gasteiger partial charge is 0.171 e. The molecule has 96 valence electrons. The van der Waals surface area contributed by atoms with Gasteiger partial charge >= 0.3 is 0 Å². The number of hydrogen-bond acceptors (Lipinski definition) is 4. The van der Waals surface area contributed by atoms with E-state index in [2.05, 4.69) is 4.98 Å². The molecule has 2 aromatic heterocycles. The first kappa shape index (κ1) is 12.0.